The Balaban J connectivity index is 2.84. The number of hydrogen-bond donors (Lipinski definition) is 1. The van der Waals surface area contributed by atoms with Crippen molar-refractivity contribution >= 4 is 29.0 Å². The van der Waals surface area contributed by atoms with Gasteiger partial charge in [0.2, 0.25) is 5.91 Å². The van der Waals surface area contributed by atoms with E-state index in [2.05, 4.69) is 5.32 Å². The minimum atomic E-state index is -1.31. The van der Waals surface area contributed by atoms with Crippen LogP contribution in [0.4, 0.5) is 5.69 Å². The van der Waals surface area contributed by atoms with Crippen LogP contribution in [0.15, 0.2) is 24.3 Å². The van der Waals surface area contributed by atoms with Crippen LogP contribution in [0.2, 0.25) is 5.02 Å². The molecule has 100 valence electrons. The number of Topliss-reactive ketones (excluding diaryl/α,β-unsaturated/α-hetero) is 1. The molecule has 0 fully saturated rings. The summed E-state index contributed by atoms with van der Waals surface area (Å²) in [5.74, 6) is -2.33. The molecule has 0 unspecified atom stereocenters. The first-order valence-electron chi connectivity index (χ1n) is 5.76. The number of nitrogens with one attached hydrogen (secondary N) is 1. The van der Waals surface area contributed by atoms with Crippen LogP contribution in [-0.4, -0.2) is 11.7 Å². The van der Waals surface area contributed by atoms with E-state index in [1.807, 2.05) is 0 Å². The monoisotopic (exact) mass is 278 g/mol. The van der Waals surface area contributed by atoms with Gasteiger partial charge in [-0.25, -0.2) is 0 Å². The van der Waals surface area contributed by atoms with Gasteiger partial charge < -0.3 is 5.32 Å². The van der Waals surface area contributed by atoms with E-state index < -0.39 is 23.0 Å². The fourth-order valence-electron chi connectivity index (χ4n) is 1.42. The summed E-state index contributed by atoms with van der Waals surface area (Å²) in [6.07, 6.45) is 0. The zero-order valence-corrected chi connectivity index (χ0v) is 11.8. The number of halogens is 1. The molecule has 0 aliphatic carbocycles. The zero-order chi connectivity index (χ0) is 14.6. The quantitative estimate of drug-likeness (QED) is 0.864. The first kappa shape index (κ1) is 15.2. The highest BCUT2D eigenvalue weighted by molar-refractivity contribution is 6.30. The minimum Gasteiger partial charge on any atom is -0.325 e. The Labute approximate surface area is 117 Å². The van der Waals surface area contributed by atoms with E-state index in [0.29, 0.717) is 10.7 Å². The standard InChI is InChI=1S/C14H15ClN2O2/c1-14(2,3)12(18)11(8-16)13(19)17-10-6-4-9(15)5-7-10/h4-7,11H,1-3H3,(H,17,19)/t11-/m1/s1. The molecule has 0 heterocycles. The second kappa shape index (κ2) is 5.85. The maximum Gasteiger partial charge on any atom is 0.249 e. The third-order valence-electron chi connectivity index (χ3n) is 2.50. The van der Waals surface area contributed by atoms with Crippen molar-refractivity contribution in [1.29, 1.82) is 5.26 Å². The second-order valence-corrected chi connectivity index (χ2v) is 5.61. The van der Waals surface area contributed by atoms with Crippen molar-refractivity contribution in [2.45, 2.75) is 20.8 Å². The predicted molar refractivity (Wildman–Crippen MR) is 73.6 cm³/mol. The third kappa shape index (κ3) is 4.08. The Morgan fingerprint density at radius 1 is 1.26 bits per heavy atom. The lowest BCUT2D eigenvalue weighted by molar-refractivity contribution is -0.134. The van der Waals surface area contributed by atoms with Gasteiger partial charge in [0.05, 0.1) is 6.07 Å². The molecule has 1 aromatic carbocycles. The molecule has 0 bridgehead atoms. The highest BCUT2D eigenvalue weighted by Crippen LogP contribution is 2.21. The lowest BCUT2D eigenvalue weighted by atomic mass is 9.83. The van der Waals surface area contributed by atoms with Crippen molar-refractivity contribution in [1.82, 2.24) is 0 Å². The summed E-state index contributed by atoms with van der Waals surface area (Å²) in [7, 11) is 0. The molecule has 0 aliphatic heterocycles. The number of amides is 1. The number of benzene rings is 1. The molecule has 0 aliphatic rings. The number of anilines is 1. The molecule has 0 saturated heterocycles. The number of rotatable bonds is 3. The van der Waals surface area contributed by atoms with E-state index in [1.54, 1.807) is 51.1 Å². The normalized spacial score (nSPS) is 12.4. The lowest BCUT2D eigenvalue weighted by Crippen LogP contribution is -2.35. The van der Waals surface area contributed by atoms with E-state index in [0.717, 1.165) is 0 Å². The molecule has 1 aromatic rings. The van der Waals surface area contributed by atoms with Crippen LogP contribution in [0.25, 0.3) is 0 Å². The van der Waals surface area contributed by atoms with Crippen LogP contribution in [0.5, 0.6) is 0 Å². The maximum absolute atomic E-state index is 12.0. The summed E-state index contributed by atoms with van der Waals surface area (Å²) in [6, 6.07) is 8.20. The van der Waals surface area contributed by atoms with Gasteiger partial charge in [-0.15, -0.1) is 0 Å². The van der Waals surface area contributed by atoms with Gasteiger partial charge in [-0.3, -0.25) is 9.59 Å². The fraction of sp³-hybridized carbons (Fsp3) is 0.357. The molecule has 0 spiro atoms. The molecule has 0 saturated carbocycles. The smallest absolute Gasteiger partial charge is 0.249 e. The number of carbonyl (C=O) groups excluding carboxylic acids is 2. The number of ketones is 1. The third-order valence-corrected chi connectivity index (χ3v) is 2.76. The summed E-state index contributed by atoms with van der Waals surface area (Å²) >= 11 is 5.73. The Bertz CT molecular complexity index is 524. The Kier molecular flexibility index (Phi) is 4.68. The van der Waals surface area contributed by atoms with Crippen molar-refractivity contribution in [3.8, 4) is 6.07 Å². The number of hydrogen-bond acceptors (Lipinski definition) is 3. The highest BCUT2D eigenvalue weighted by atomic mass is 35.5. The number of nitrogens with zero attached hydrogens (tertiary/aromatic N) is 1. The van der Waals surface area contributed by atoms with Gasteiger partial charge in [0, 0.05) is 16.1 Å². The predicted octanol–water partition coefficient (Wildman–Crippen LogP) is 3.03. The molecule has 19 heavy (non-hydrogen) atoms. The second-order valence-electron chi connectivity index (χ2n) is 5.17. The van der Waals surface area contributed by atoms with E-state index in [4.69, 9.17) is 16.9 Å². The van der Waals surface area contributed by atoms with Gasteiger partial charge >= 0.3 is 0 Å². The molecule has 1 atom stereocenters. The molecule has 5 heteroatoms. The maximum atomic E-state index is 12.0. The van der Waals surface area contributed by atoms with Gasteiger partial charge in [-0.05, 0) is 24.3 Å². The molecule has 1 rings (SSSR count). The first-order chi connectivity index (χ1) is 8.75. The van der Waals surface area contributed by atoms with Gasteiger partial charge in [0.15, 0.2) is 11.7 Å². The van der Waals surface area contributed by atoms with Crippen LogP contribution in [0, 0.1) is 22.7 Å². The van der Waals surface area contributed by atoms with Crippen LogP contribution >= 0.6 is 11.6 Å². The van der Waals surface area contributed by atoms with Gasteiger partial charge in [0.25, 0.3) is 0 Å². The molecular weight excluding hydrogens is 264 g/mol. The molecule has 1 N–H and O–H groups in total. The Morgan fingerprint density at radius 2 is 1.79 bits per heavy atom. The van der Waals surface area contributed by atoms with E-state index in [-0.39, 0.29) is 0 Å². The first-order valence-corrected chi connectivity index (χ1v) is 6.14. The summed E-state index contributed by atoms with van der Waals surface area (Å²) < 4.78 is 0. The molecule has 4 nitrogen and oxygen atoms in total. The summed E-state index contributed by atoms with van der Waals surface area (Å²) in [5.41, 5.74) is -0.242. The Hall–Kier alpha value is -1.86. The van der Waals surface area contributed by atoms with E-state index in [1.165, 1.54) is 0 Å². The largest absolute Gasteiger partial charge is 0.325 e. The summed E-state index contributed by atoms with van der Waals surface area (Å²) in [5, 5.41) is 12.1. The fourth-order valence-corrected chi connectivity index (χ4v) is 1.54. The highest BCUT2D eigenvalue weighted by Gasteiger charge is 2.34. The van der Waals surface area contributed by atoms with Crippen molar-refractivity contribution in [2.75, 3.05) is 5.32 Å². The van der Waals surface area contributed by atoms with E-state index >= 15 is 0 Å². The van der Waals surface area contributed by atoms with Gasteiger partial charge in [-0.2, -0.15) is 5.26 Å². The number of nitriles is 1. The summed E-state index contributed by atoms with van der Waals surface area (Å²) in [6.45, 7) is 5.03. The van der Waals surface area contributed by atoms with Crippen LogP contribution in [0.1, 0.15) is 20.8 Å². The lowest BCUT2D eigenvalue weighted by Gasteiger charge is -2.19. The number of carbonyl (C=O) groups is 2. The molecular formula is C14H15ClN2O2. The van der Waals surface area contributed by atoms with Gasteiger partial charge in [-0.1, -0.05) is 32.4 Å². The molecule has 1 amide bonds. The topological polar surface area (TPSA) is 70.0 Å². The zero-order valence-electron chi connectivity index (χ0n) is 11.0. The van der Waals surface area contributed by atoms with Crippen LogP contribution in [-0.2, 0) is 9.59 Å². The average molecular weight is 279 g/mol. The molecule has 0 radical (unpaired) electrons. The van der Waals surface area contributed by atoms with Gasteiger partial charge in [0.1, 0.15) is 0 Å². The van der Waals surface area contributed by atoms with Crippen molar-refractivity contribution in [3.05, 3.63) is 29.3 Å². The van der Waals surface area contributed by atoms with E-state index in [9.17, 15) is 9.59 Å². The van der Waals surface area contributed by atoms with Crippen molar-refractivity contribution < 1.29 is 9.59 Å². The Morgan fingerprint density at radius 3 is 2.21 bits per heavy atom. The molecule has 0 aromatic heterocycles. The van der Waals surface area contributed by atoms with Crippen LogP contribution in [0.3, 0.4) is 0 Å². The van der Waals surface area contributed by atoms with Crippen molar-refractivity contribution in [2.24, 2.45) is 11.3 Å². The van der Waals surface area contributed by atoms with Crippen LogP contribution < -0.4 is 5.32 Å². The average Bonchev–Trinajstić information content (AvgIpc) is 2.31. The minimum absolute atomic E-state index is 0.401. The summed E-state index contributed by atoms with van der Waals surface area (Å²) in [4.78, 5) is 23.9. The SMILES string of the molecule is CC(C)(C)C(=O)[C@@H](C#N)C(=O)Nc1ccc(Cl)cc1. The van der Waals surface area contributed by atoms with Crippen molar-refractivity contribution in [3.63, 3.8) is 0 Å².